The molecule has 1 amide bonds. The Bertz CT molecular complexity index is 392. The van der Waals surface area contributed by atoms with E-state index in [2.05, 4.69) is 31.5 Å². The summed E-state index contributed by atoms with van der Waals surface area (Å²) in [6, 6.07) is 1.80. The summed E-state index contributed by atoms with van der Waals surface area (Å²) in [4.78, 5) is 15.9. The number of aromatic nitrogens is 1. The summed E-state index contributed by atoms with van der Waals surface area (Å²) in [5, 5.41) is 5.89. The van der Waals surface area contributed by atoms with Crippen LogP contribution in [0.5, 0.6) is 0 Å². The number of anilines is 1. The number of nitrogens with one attached hydrogen (secondary N) is 2. The van der Waals surface area contributed by atoms with Crippen molar-refractivity contribution in [3.8, 4) is 0 Å². The van der Waals surface area contributed by atoms with Gasteiger partial charge in [0.05, 0.1) is 11.3 Å². The molecule has 0 fully saturated rings. The fourth-order valence-corrected chi connectivity index (χ4v) is 1.66. The van der Waals surface area contributed by atoms with E-state index >= 15 is 0 Å². The highest BCUT2D eigenvalue weighted by molar-refractivity contribution is 9.10. The molecule has 0 spiro atoms. The molecule has 1 aromatic rings. The van der Waals surface area contributed by atoms with Gasteiger partial charge >= 0.3 is 0 Å². The largest absolute Gasteiger partial charge is 0.368 e. The van der Waals surface area contributed by atoms with Crippen LogP contribution in [0.1, 0.15) is 16.1 Å². The molecule has 0 aliphatic carbocycles. The molecule has 4 nitrogen and oxygen atoms in total. The van der Waals surface area contributed by atoms with Crippen molar-refractivity contribution >= 4 is 27.7 Å². The van der Waals surface area contributed by atoms with Gasteiger partial charge in [0.15, 0.2) is 0 Å². The Hall–Kier alpha value is -1.10. The minimum atomic E-state index is -0.0711. The molecule has 14 heavy (non-hydrogen) atoms. The van der Waals surface area contributed by atoms with Gasteiger partial charge < -0.3 is 10.6 Å². The lowest BCUT2D eigenvalue weighted by Crippen LogP contribution is -2.24. The monoisotopic (exact) mass is 255 g/mol. The van der Waals surface area contributed by atoms with Crippen LogP contribution in [0.4, 0.5) is 5.82 Å². The lowest BCUT2D eigenvalue weighted by molar-refractivity contribution is 0.0957. The van der Waals surface area contributed by atoms with Crippen LogP contribution in [0.2, 0.25) is 0 Å². The number of aryl methyl sites for hydroxylation is 1. The molecule has 2 rings (SSSR count). The molecule has 0 saturated carbocycles. The molecule has 5 heteroatoms. The zero-order valence-electron chi connectivity index (χ0n) is 7.72. The zero-order chi connectivity index (χ0) is 10.1. The number of carbonyl (C=O) groups excluding carboxylic acids is 1. The minimum absolute atomic E-state index is 0.0711. The average molecular weight is 256 g/mol. The van der Waals surface area contributed by atoms with Crippen LogP contribution in [-0.2, 0) is 0 Å². The number of halogens is 1. The molecule has 74 valence electrons. The summed E-state index contributed by atoms with van der Waals surface area (Å²) in [6.07, 6.45) is 0. The van der Waals surface area contributed by atoms with E-state index in [1.54, 1.807) is 6.07 Å². The quantitative estimate of drug-likeness (QED) is 0.735. The second kappa shape index (κ2) is 3.57. The first kappa shape index (κ1) is 9.45. The number of fused-ring (bicyclic) bond motifs is 1. The van der Waals surface area contributed by atoms with E-state index in [0.717, 1.165) is 10.2 Å². The fraction of sp³-hybridized carbons (Fsp3) is 0.333. The number of rotatable bonds is 0. The van der Waals surface area contributed by atoms with Crippen LogP contribution in [-0.4, -0.2) is 24.0 Å². The molecule has 1 aromatic heterocycles. The molecular weight excluding hydrogens is 246 g/mol. The van der Waals surface area contributed by atoms with E-state index in [0.29, 0.717) is 24.5 Å². The van der Waals surface area contributed by atoms with Gasteiger partial charge in [0, 0.05) is 17.6 Å². The molecule has 1 aliphatic heterocycles. The number of pyridine rings is 1. The van der Waals surface area contributed by atoms with E-state index in [9.17, 15) is 4.79 Å². The van der Waals surface area contributed by atoms with Crippen molar-refractivity contribution in [1.29, 1.82) is 0 Å². The van der Waals surface area contributed by atoms with Gasteiger partial charge in [-0.3, -0.25) is 4.79 Å². The van der Waals surface area contributed by atoms with Gasteiger partial charge in [0.25, 0.3) is 5.91 Å². The number of nitrogens with zero attached hydrogens (tertiary/aromatic N) is 1. The number of amides is 1. The summed E-state index contributed by atoms with van der Waals surface area (Å²) >= 11 is 3.36. The maximum Gasteiger partial charge on any atom is 0.255 e. The van der Waals surface area contributed by atoms with Gasteiger partial charge in [-0.25, -0.2) is 4.98 Å². The Morgan fingerprint density at radius 2 is 2.14 bits per heavy atom. The predicted octanol–water partition coefficient (Wildman–Crippen LogP) is 1.31. The maximum atomic E-state index is 11.6. The molecule has 1 aliphatic rings. The molecule has 0 bridgehead atoms. The summed E-state index contributed by atoms with van der Waals surface area (Å²) < 4.78 is 0.857. The normalized spacial score (nSPS) is 15.1. The Labute approximate surface area is 90.2 Å². The number of hydrogen-bond donors (Lipinski definition) is 2. The zero-order valence-corrected chi connectivity index (χ0v) is 9.31. The summed E-state index contributed by atoms with van der Waals surface area (Å²) in [5.41, 5.74) is 1.48. The van der Waals surface area contributed by atoms with Gasteiger partial charge in [-0.15, -0.1) is 0 Å². The number of hydrogen-bond acceptors (Lipinski definition) is 3. The molecule has 2 N–H and O–H groups in total. The third kappa shape index (κ3) is 1.59. The Balaban J connectivity index is 2.54. The van der Waals surface area contributed by atoms with Crippen molar-refractivity contribution in [2.75, 3.05) is 18.4 Å². The molecule has 0 radical (unpaired) electrons. The maximum absolute atomic E-state index is 11.6. The highest BCUT2D eigenvalue weighted by Crippen LogP contribution is 2.22. The lowest BCUT2D eigenvalue weighted by Gasteiger charge is -2.07. The highest BCUT2D eigenvalue weighted by Gasteiger charge is 2.17. The van der Waals surface area contributed by atoms with Crippen molar-refractivity contribution < 1.29 is 4.79 Å². The van der Waals surface area contributed by atoms with Gasteiger partial charge in [-0.2, -0.15) is 0 Å². The van der Waals surface area contributed by atoms with Crippen molar-refractivity contribution in [3.05, 3.63) is 21.8 Å². The lowest BCUT2D eigenvalue weighted by atomic mass is 10.2. The van der Waals surface area contributed by atoms with E-state index in [1.165, 1.54) is 0 Å². The summed E-state index contributed by atoms with van der Waals surface area (Å²) in [6.45, 7) is 3.24. The van der Waals surface area contributed by atoms with Crippen molar-refractivity contribution in [3.63, 3.8) is 0 Å². The van der Waals surface area contributed by atoms with Crippen LogP contribution in [0, 0.1) is 6.92 Å². The fourth-order valence-electron chi connectivity index (χ4n) is 1.34. The van der Waals surface area contributed by atoms with E-state index in [1.807, 2.05) is 6.92 Å². The van der Waals surface area contributed by atoms with Gasteiger partial charge in [0.1, 0.15) is 5.82 Å². The third-order valence-corrected chi connectivity index (χ3v) is 2.90. The van der Waals surface area contributed by atoms with E-state index in [-0.39, 0.29) is 5.91 Å². The van der Waals surface area contributed by atoms with E-state index < -0.39 is 0 Å². The molecule has 0 aromatic carbocycles. The first-order valence-electron chi connectivity index (χ1n) is 4.37. The average Bonchev–Trinajstić information content (AvgIpc) is 2.31. The Kier molecular flexibility index (Phi) is 2.41. The Morgan fingerprint density at radius 1 is 1.43 bits per heavy atom. The third-order valence-electron chi connectivity index (χ3n) is 2.10. The van der Waals surface area contributed by atoms with Crippen LogP contribution in [0.25, 0.3) is 0 Å². The van der Waals surface area contributed by atoms with Crippen molar-refractivity contribution in [2.45, 2.75) is 6.92 Å². The van der Waals surface area contributed by atoms with Crippen molar-refractivity contribution in [1.82, 2.24) is 10.3 Å². The standard InChI is InChI=1S/C9H10BrN3O/c1-5-7(10)4-6-8(13-5)11-2-3-12-9(6)14/h4H,2-3H2,1H3,(H,11,13)(H,12,14). The van der Waals surface area contributed by atoms with Gasteiger partial charge in [0.2, 0.25) is 0 Å². The van der Waals surface area contributed by atoms with Crippen LogP contribution >= 0.6 is 15.9 Å². The molecule has 0 saturated heterocycles. The van der Waals surface area contributed by atoms with Crippen molar-refractivity contribution in [2.24, 2.45) is 0 Å². The van der Waals surface area contributed by atoms with Crippen LogP contribution in [0.3, 0.4) is 0 Å². The molecule has 0 unspecified atom stereocenters. The number of carbonyl (C=O) groups is 1. The smallest absolute Gasteiger partial charge is 0.255 e. The van der Waals surface area contributed by atoms with Gasteiger partial charge in [-0.1, -0.05) is 0 Å². The summed E-state index contributed by atoms with van der Waals surface area (Å²) in [5.74, 6) is 0.596. The SMILES string of the molecule is Cc1nc2c(cc1Br)C(=O)NCCN2. The first-order valence-corrected chi connectivity index (χ1v) is 5.17. The van der Waals surface area contributed by atoms with Crippen LogP contribution < -0.4 is 10.6 Å². The first-order chi connectivity index (χ1) is 6.68. The molecule has 2 heterocycles. The van der Waals surface area contributed by atoms with E-state index in [4.69, 9.17) is 0 Å². The minimum Gasteiger partial charge on any atom is -0.368 e. The molecular formula is C9H10BrN3O. The summed E-state index contributed by atoms with van der Waals surface area (Å²) in [7, 11) is 0. The predicted molar refractivity (Wildman–Crippen MR) is 57.5 cm³/mol. The molecule has 0 atom stereocenters. The Morgan fingerprint density at radius 3 is 2.93 bits per heavy atom. The highest BCUT2D eigenvalue weighted by atomic mass is 79.9. The second-order valence-electron chi connectivity index (χ2n) is 3.13. The second-order valence-corrected chi connectivity index (χ2v) is 3.99. The van der Waals surface area contributed by atoms with Crippen LogP contribution in [0.15, 0.2) is 10.5 Å². The van der Waals surface area contributed by atoms with Gasteiger partial charge in [-0.05, 0) is 28.9 Å². The topological polar surface area (TPSA) is 54.0 Å².